The largest absolute Gasteiger partial charge is 0.506 e. The molecule has 0 spiro atoms. The van der Waals surface area contributed by atoms with Crippen LogP contribution in [0.2, 0.25) is 20.1 Å². The number of anilines is 1. The molecule has 7 heteroatoms. The number of rotatable bonds is 3. The SMILES string of the molecule is Oc1c(Cl)cc(NCc2cc(Cl)cc(Cl)c2O)cc1Cl. The van der Waals surface area contributed by atoms with E-state index in [1.807, 2.05) is 0 Å². The number of halogens is 4. The highest BCUT2D eigenvalue weighted by Gasteiger charge is 2.10. The number of phenols is 2. The van der Waals surface area contributed by atoms with Crippen molar-refractivity contribution in [2.45, 2.75) is 6.54 Å². The molecule has 0 saturated carbocycles. The van der Waals surface area contributed by atoms with Crippen molar-refractivity contribution < 1.29 is 10.2 Å². The Balaban J connectivity index is 2.21. The van der Waals surface area contributed by atoms with E-state index in [4.69, 9.17) is 46.4 Å². The number of benzene rings is 2. The Bertz CT molecular complexity index is 638. The number of phenolic OH excluding ortho intramolecular Hbond substituents is 2. The predicted octanol–water partition coefficient (Wildman–Crippen LogP) is 5.32. The molecule has 0 aliphatic carbocycles. The monoisotopic (exact) mass is 351 g/mol. The van der Waals surface area contributed by atoms with Crippen molar-refractivity contribution in [2.24, 2.45) is 0 Å². The fraction of sp³-hybridized carbons (Fsp3) is 0.0769. The molecule has 2 aromatic carbocycles. The van der Waals surface area contributed by atoms with Crippen molar-refractivity contribution in [1.82, 2.24) is 0 Å². The van der Waals surface area contributed by atoms with Crippen LogP contribution < -0.4 is 5.32 Å². The molecule has 106 valence electrons. The normalized spacial score (nSPS) is 10.6. The lowest BCUT2D eigenvalue weighted by atomic mass is 10.2. The number of aromatic hydroxyl groups is 2. The topological polar surface area (TPSA) is 52.5 Å². The number of hydrogen-bond donors (Lipinski definition) is 3. The zero-order chi connectivity index (χ0) is 14.9. The average molecular weight is 353 g/mol. The van der Waals surface area contributed by atoms with Crippen LogP contribution in [-0.4, -0.2) is 10.2 Å². The summed E-state index contributed by atoms with van der Waals surface area (Å²) in [5.41, 5.74) is 1.12. The van der Waals surface area contributed by atoms with Gasteiger partial charge < -0.3 is 15.5 Å². The van der Waals surface area contributed by atoms with Crippen molar-refractivity contribution in [3.05, 3.63) is 49.9 Å². The highest BCUT2D eigenvalue weighted by molar-refractivity contribution is 6.37. The van der Waals surface area contributed by atoms with Crippen molar-refractivity contribution in [3.8, 4) is 11.5 Å². The zero-order valence-corrected chi connectivity index (χ0v) is 12.9. The van der Waals surface area contributed by atoms with Crippen molar-refractivity contribution >= 4 is 52.1 Å². The first kappa shape index (κ1) is 15.4. The Kier molecular flexibility index (Phi) is 4.76. The molecule has 0 aliphatic heterocycles. The van der Waals surface area contributed by atoms with Crippen LogP contribution in [0.4, 0.5) is 5.69 Å². The van der Waals surface area contributed by atoms with Crippen LogP contribution in [0.1, 0.15) is 5.56 Å². The van der Waals surface area contributed by atoms with Crippen LogP contribution in [-0.2, 0) is 6.54 Å². The van der Waals surface area contributed by atoms with E-state index in [2.05, 4.69) is 5.32 Å². The van der Waals surface area contributed by atoms with Crippen molar-refractivity contribution in [2.75, 3.05) is 5.32 Å². The van der Waals surface area contributed by atoms with Gasteiger partial charge in [0.05, 0.1) is 15.1 Å². The quantitative estimate of drug-likeness (QED) is 0.655. The molecule has 0 heterocycles. The zero-order valence-electron chi connectivity index (χ0n) is 9.92. The Morgan fingerprint density at radius 2 is 1.35 bits per heavy atom. The van der Waals surface area contributed by atoms with E-state index >= 15 is 0 Å². The molecule has 0 aliphatic rings. The molecule has 0 unspecified atom stereocenters. The van der Waals surface area contributed by atoms with E-state index < -0.39 is 0 Å². The predicted molar refractivity (Wildman–Crippen MR) is 83.6 cm³/mol. The molecule has 2 rings (SSSR count). The van der Waals surface area contributed by atoms with Crippen LogP contribution in [0.3, 0.4) is 0 Å². The van der Waals surface area contributed by atoms with E-state index in [1.165, 1.54) is 18.2 Å². The summed E-state index contributed by atoms with van der Waals surface area (Å²) in [4.78, 5) is 0. The van der Waals surface area contributed by atoms with Gasteiger partial charge in [0.1, 0.15) is 5.75 Å². The molecular weight excluding hydrogens is 344 g/mol. The molecule has 0 saturated heterocycles. The van der Waals surface area contributed by atoms with Crippen molar-refractivity contribution in [1.29, 1.82) is 0 Å². The van der Waals surface area contributed by atoms with Gasteiger partial charge in [0.25, 0.3) is 0 Å². The lowest BCUT2D eigenvalue weighted by Crippen LogP contribution is -2.00. The van der Waals surface area contributed by atoms with Crippen LogP contribution >= 0.6 is 46.4 Å². The summed E-state index contributed by atoms with van der Waals surface area (Å²) in [6.45, 7) is 0.267. The third kappa shape index (κ3) is 3.36. The molecular formula is C13H9Cl4NO2. The first-order chi connectivity index (χ1) is 9.38. The van der Waals surface area contributed by atoms with E-state index in [1.54, 1.807) is 6.07 Å². The van der Waals surface area contributed by atoms with E-state index in [-0.39, 0.29) is 33.1 Å². The standard InChI is InChI=1S/C13H9Cl4NO2/c14-7-1-6(12(19)9(15)2-7)5-18-8-3-10(16)13(20)11(17)4-8/h1-4,18-20H,5H2. The summed E-state index contributed by atoms with van der Waals surface area (Å²) >= 11 is 23.3. The van der Waals surface area contributed by atoms with Gasteiger partial charge in [-0.05, 0) is 24.3 Å². The molecule has 3 N–H and O–H groups in total. The number of nitrogens with one attached hydrogen (secondary N) is 1. The number of hydrogen-bond acceptors (Lipinski definition) is 3. The molecule has 20 heavy (non-hydrogen) atoms. The summed E-state index contributed by atoms with van der Waals surface area (Å²) in [6, 6.07) is 6.09. The van der Waals surface area contributed by atoms with Crippen LogP contribution in [0.25, 0.3) is 0 Å². The summed E-state index contributed by atoms with van der Waals surface area (Å²) in [5.74, 6) is -0.216. The molecule has 0 fully saturated rings. The van der Waals surface area contributed by atoms with Gasteiger partial charge in [0, 0.05) is 22.8 Å². The van der Waals surface area contributed by atoms with Gasteiger partial charge in [-0.3, -0.25) is 0 Å². The fourth-order valence-corrected chi connectivity index (χ4v) is 2.64. The minimum absolute atomic E-state index is 0.0421. The van der Waals surface area contributed by atoms with E-state index in [0.717, 1.165) is 0 Å². The van der Waals surface area contributed by atoms with E-state index in [9.17, 15) is 10.2 Å². The van der Waals surface area contributed by atoms with Gasteiger partial charge in [-0.2, -0.15) is 0 Å². The molecule has 3 nitrogen and oxygen atoms in total. The fourth-order valence-electron chi connectivity index (χ4n) is 1.62. The summed E-state index contributed by atoms with van der Waals surface area (Å²) in [6.07, 6.45) is 0. The Morgan fingerprint density at radius 1 is 0.800 bits per heavy atom. The average Bonchev–Trinajstić information content (AvgIpc) is 2.38. The second kappa shape index (κ2) is 6.19. The maximum atomic E-state index is 9.83. The molecule has 0 aromatic heterocycles. The minimum atomic E-state index is -0.174. The molecule has 0 amide bonds. The summed E-state index contributed by atoms with van der Waals surface area (Å²) in [5, 5.41) is 23.2. The second-order valence-corrected chi connectivity index (χ2v) is 5.70. The third-order valence-electron chi connectivity index (χ3n) is 2.61. The van der Waals surface area contributed by atoms with Gasteiger partial charge in [-0.15, -0.1) is 0 Å². The summed E-state index contributed by atoms with van der Waals surface area (Å²) in [7, 11) is 0. The van der Waals surface area contributed by atoms with E-state index in [0.29, 0.717) is 16.3 Å². The Morgan fingerprint density at radius 3 is 1.95 bits per heavy atom. The molecule has 0 radical (unpaired) electrons. The van der Waals surface area contributed by atoms with Crippen molar-refractivity contribution in [3.63, 3.8) is 0 Å². The Hall–Kier alpha value is -1.00. The third-order valence-corrected chi connectivity index (χ3v) is 3.69. The smallest absolute Gasteiger partial charge is 0.152 e. The maximum absolute atomic E-state index is 9.83. The highest BCUT2D eigenvalue weighted by Crippen LogP contribution is 2.35. The van der Waals surface area contributed by atoms with Gasteiger partial charge in [0.15, 0.2) is 5.75 Å². The first-order valence-corrected chi connectivity index (χ1v) is 6.98. The van der Waals surface area contributed by atoms with Crippen LogP contribution in [0.15, 0.2) is 24.3 Å². The lowest BCUT2D eigenvalue weighted by Gasteiger charge is -2.11. The Labute approximate surface area is 135 Å². The van der Waals surface area contributed by atoms with Crippen LogP contribution in [0.5, 0.6) is 11.5 Å². The second-order valence-electron chi connectivity index (χ2n) is 4.04. The molecule has 0 bridgehead atoms. The molecule has 0 atom stereocenters. The van der Waals surface area contributed by atoms with Gasteiger partial charge in [-0.1, -0.05) is 46.4 Å². The lowest BCUT2D eigenvalue weighted by molar-refractivity contribution is 0.469. The summed E-state index contributed by atoms with van der Waals surface area (Å²) < 4.78 is 0. The maximum Gasteiger partial charge on any atom is 0.152 e. The van der Waals surface area contributed by atoms with Gasteiger partial charge >= 0.3 is 0 Å². The first-order valence-electron chi connectivity index (χ1n) is 5.47. The highest BCUT2D eigenvalue weighted by atomic mass is 35.5. The van der Waals surface area contributed by atoms with Crippen LogP contribution in [0, 0.1) is 0 Å². The molecule has 2 aromatic rings. The minimum Gasteiger partial charge on any atom is -0.506 e. The van der Waals surface area contributed by atoms with Gasteiger partial charge in [-0.25, -0.2) is 0 Å². The van der Waals surface area contributed by atoms with Gasteiger partial charge in [0.2, 0.25) is 0 Å².